The van der Waals surface area contributed by atoms with Gasteiger partial charge in [0.1, 0.15) is 29.0 Å². The fourth-order valence-corrected chi connectivity index (χ4v) is 6.93. The van der Waals surface area contributed by atoms with Gasteiger partial charge in [0, 0.05) is 41.4 Å². The number of carboxylic acids is 1. The molecule has 2 heterocycles. The summed E-state index contributed by atoms with van der Waals surface area (Å²) >= 11 is 0. The van der Waals surface area contributed by atoms with Gasteiger partial charge in [-0.05, 0) is 71.6 Å². The average molecular weight is 727 g/mol. The zero-order valence-electron chi connectivity index (χ0n) is 27.5. The van der Waals surface area contributed by atoms with Gasteiger partial charge in [0.25, 0.3) is 15.9 Å². The summed E-state index contributed by atoms with van der Waals surface area (Å²) in [5.41, 5.74) is 2.85. The molecule has 6 rings (SSSR count). The number of carbonyl (C=O) groups excluding carboxylic acids is 1. The molecule has 0 aliphatic rings. The third-order valence-electron chi connectivity index (χ3n) is 8.36. The second kappa shape index (κ2) is 14.5. The molecule has 3 N–H and O–H groups in total. The summed E-state index contributed by atoms with van der Waals surface area (Å²) in [5.74, 6) is -5.77. The average Bonchev–Trinajstić information content (AvgIpc) is 3.11. The third-order valence-corrected chi connectivity index (χ3v) is 9.75. The van der Waals surface area contributed by atoms with E-state index in [1.807, 2.05) is 25.1 Å². The Balaban J connectivity index is 1.22. The lowest BCUT2D eigenvalue weighted by atomic mass is 9.92. The van der Waals surface area contributed by atoms with Crippen LogP contribution in [0.5, 0.6) is 5.75 Å². The van der Waals surface area contributed by atoms with Crippen molar-refractivity contribution in [3.63, 3.8) is 0 Å². The minimum atomic E-state index is -4.36. The van der Waals surface area contributed by atoms with Gasteiger partial charge in [0.15, 0.2) is 0 Å². The van der Waals surface area contributed by atoms with E-state index < -0.39 is 56.8 Å². The van der Waals surface area contributed by atoms with E-state index in [2.05, 4.69) is 20.0 Å². The van der Waals surface area contributed by atoms with E-state index in [-0.39, 0.29) is 11.3 Å². The van der Waals surface area contributed by atoms with Crippen molar-refractivity contribution in [2.45, 2.75) is 24.3 Å². The molecule has 0 saturated heterocycles. The van der Waals surface area contributed by atoms with Crippen LogP contribution in [0, 0.1) is 24.5 Å². The van der Waals surface area contributed by atoms with Crippen LogP contribution in [0.1, 0.15) is 21.5 Å². The number of hydrogen-bond acceptors (Lipinski definition) is 7. The summed E-state index contributed by atoms with van der Waals surface area (Å²) in [6, 6.07) is 20.1. The molecule has 0 aliphatic carbocycles. The highest BCUT2D eigenvalue weighted by Crippen LogP contribution is 2.38. The number of benzene rings is 4. The second-order valence-corrected chi connectivity index (χ2v) is 13.4. The zero-order valence-corrected chi connectivity index (χ0v) is 28.3. The Kier molecular flexibility index (Phi) is 9.93. The fraction of sp³-hybridized carbons (Fsp3) is 0.105. The first-order chi connectivity index (χ1) is 24.9. The first kappa shape index (κ1) is 35.5. The highest BCUT2D eigenvalue weighted by molar-refractivity contribution is 7.92. The van der Waals surface area contributed by atoms with Gasteiger partial charge < -0.3 is 15.2 Å². The van der Waals surface area contributed by atoms with Crippen LogP contribution < -0.4 is 14.8 Å². The molecule has 0 aliphatic heterocycles. The zero-order chi connectivity index (χ0) is 37.2. The quantitative estimate of drug-likeness (QED) is 0.122. The summed E-state index contributed by atoms with van der Waals surface area (Å²) in [5, 5.41) is 12.8. The Labute approximate surface area is 296 Å². The van der Waals surface area contributed by atoms with E-state index in [4.69, 9.17) is 4.74 Å². The maximum Gasteiger partial charge on any atom is 0.326 e. The lowest BCUT2D eigenvalue weighted by Gasteiger charge is -2.19. The van der Waals surface area contributed by atoms with Crippen molar-refractivity contribution in [1.82, 2.24) is 15.3 Å². The molecule has 1 atom stereocenters. The smallest absolute Gasteiger partial charge is 0.326 e. The molecular weight excluding hydrogens is 698 g/mol. The SMILES string of the molecule is COc1cccc(C)c1-c1ccc(C[C@H](NC(=O)c2c(F)cc(NS(=O)(=O)c3ccc(-c4ccnc(F)c4)cc3)cc2F)C(=O)O)c2cccnc12. The molecule has 0 bridgehead atoms. The number of aliphatic carboxylic acids is 1. The number of pyridine rings is 2. The minimum Gasteiger partial charge on any atom is -0.496 e. The van der Waals surface area contributed by atoms with Crippen molar-refractivity contribution in [2.24, 2.45) is 0 Å². The van der Waals surface area contributed by atoms with Crippen LogP contribution in [0.4, 0.5) is 18.9 Å². The number of nitrogens with zero attached hydrogens (tertiary/aromatic N) is 2. The first-order valence-electron chi connectivity index (χ1n) is 15.6. The number of hydrogen-bond donors (Lipinski definition) is 3. The normalized spacial score (nSPS) is 11.9. The van der Waals surface area contributed by atoms with Crippen LogP contribution >= 0.6 is 0 Å². The Bertz CT molecular complexity index is 2440. The van der Waals surface area contributed by atoms with Crippen molar-refractivity contribution in [2.75, 3.05) is 11.8 Å². The molecule has 0 fully saturated rings. The molecule has 1 amide bonds. The molecule has 52 heavy (non-hydrogen) atoms. The van der Waals surface area contributed by atoms with Gasteiger partial charge in [0.2, 0.25) is 5.95 Å². The standard InChI is InChI=1S/C38H29F3N4O6S/c1-21-5-3-7-32(51-2)34(21)28-13-10-24(27-6-4-15-43-36(27)28)17-31(38(47)48)44-37(46)35-29(39)19-25(20-30(35)40)45-52(49,50)26-11-8-22(9-12-26)23-14-16-42-33(41)18-23/h3-16,18-20,31,45H,17H2,1-2H3,(H,44,46)(H,47,48)/t31-/m0/s1. The number of carbonyl (C=O) groups is 2. The molecule has 4 aromatic carbocycles. The topological polar surface area (TPSA) is 148 Å². The van der Waals surface area contributed by atoms with Gasteiger partial charge in [-0.2, -0.15) is 4.39 Å². The minimum absolute atomic E-state index is 0.258. The number of fused-ring (bicyclic) bond motifs is 1. The third kappa shape index (κ3) is 7.28. The number of aryl methyl sites for hydroxylation is 1. The number of nitrogens with one attached hydrogen (secondary N) is 2. The first-order valence-corrected chi connectivity index (χ1v) is 17.1. The van der Waals surface area contributed by atoms with E-state index in [0.29, 0.717) is 45.5 Å². The number of methoxy groups -OCH3 is 1. The van der Waals surface area contributed by atoms with E-state index in [1.54, 1.807) is 37.6 Å². The Morgan fingerprint density at radius 3 is 2.27 bits per heavy atom. The number of ether oxygens (including phenoxy) is 1. The lowest BCUT2D eigenvalue weighted by Crippen LogP contribution is -2.43. The molecule has 0 radical (unpaired) electrons. The molecule has 0 spiro atoms. The van der Waals surface area contributed by atoms with Crippen LogP contribution in [-0.2, 0) is 21.2 Å². The predicted molar refractivity (Wildman–Crippen MR) is 188 cm³/mol. The van der Waals surface area contributed by atoms with Crippen LogP contribution in [0.2, 0.25) is 0 Å². The Hall–Kier alpha value is -6.28. The maximum absolute atomic E-state index is 15.3. The number of aromatic nitrogens is 2. The van der Waals surface area contributed by atoms with Gasteiger partial charge in [0.05, 0.1) is 23.2 Å². The van der Waals surface area contributed by atoms with Crippen LogP contribution in [-0.4, -0.2) is 48.5 Å². The van der Waals surface area contributed by atoms with Crippen LogP contribution in [0.3, 0.4) is 0 Å². The number of rotatable bonds is 11. The molecule has 2 aromatic heterocycles. The number of sulfonamides is 1. The number of carboxylic acid groups (broad SMARTS) is 1. The lowest BCUT2D eigenvalue weighted by molar-refractivity contribution is -0.139. The highest BCUT2D eigenvalue weighted by atomic mass is 32.2. The largest absolute Gasteiger partial charge is 0.496 e. The van der Waals surface area contributed by atoms with Crippen molar-refractivity contribution < 1.29 is 41.0 Å². The van der Waals surface area contributed by atoms with Gasteiger partial charge in [-0.1, -0.05) is 42.5 Å². The summed E-state index contributed by atoms with van der Waals surface area (Å²) in [7, 11) is -2.81. The maximum atomic E-state index is 15.3. The second-order valence-electron chi connectivity index (χ2n) is 11.7. The predicted octanol–water partition coefficient (Wildman–Crippen LogP) is 6.92. The van der Waals surface area contributed by atoms with Gasteiger partial charge >= 0.3 is 5.97 Å². The van der Waals surface area contributed by atoms with Crippen LogP contribution in [0.15, 0.2) is 108 Å². The Morgan fingerprint density at radius 1 is 0.865 bits per heavy atom. The van der Waals surface area contributed by atoms with Crippen molar-refractivity contribution >= 4 is 38.5 Å². The molecule has 0 saturated carbocycles. The summed E-state index contributed by atoms with van der Waals surface area (Å²) in [6.07, 6.45) is 2.59. The van der Waals surface area contributed by atoms with Crippen molar-refractivity contribution in [1.29, 1.82) is 0 Å². The van der Waals surface area contributed by atoms with Gasteiger partial charge in [-0.25, -0.2) is 27.0 Å². The van der Waals surface area contributed by atoms with Crippen LogP contribution in [0.25, 0.3) is 33.2 Å². The monoisotopic (exact) mass is 726 g/mol. The molecule has 264 valence electrons. The number of amides is 1. The summed E-state index contributed by atoms with van der Waals surface area (Å²) in [4.78, 5) is 33.2. The van der Waals surface area contributed by atoms with Crippen molar-refractivity contribution in [3.05, 3.63) is 138 Å². The Morgan fingerprint density at radius 2 is 1.60 bits per heavy atom. The molecule has 0 unspecified atom stereocenters. The van der Waals surface area contributed by atoms with E-state index in [9.17, 15) is 27.5 Å². The summed E-state index contributed by atoms with van der Waals surface area (Å²) < 4.78 is 77.7. The molecule has 14 heteroatoms. The molecule has 10 nitrogen and oxygen atoms in total. The van der Waals surface area contributed by atoms with E-state index >= 15 is 8.78 Å². The van der Waals surface area contributed by atoms with E-state index in [1.165, 1.54) is 42.6 Å². The summed E-state index contributed by atoms with van der Waals surface area (Å²) in [6.45, 7) is 1.92. The molecule has 6 aromatic rings. The van der Waals surface area contributed by atoms with Gasteiger partial charge in [-0.3, -0.25) is 14.5 Å². The highest BCUT2D eigenvalue weighted by Gasteiger charge is 2.27. The number of anilines is 1. The molecular formula is C38H29F3N4O6S. The fourth-order valence-electron chi connectivity index (χ4n) is 5.89. The van der Waals surface area contributed by atoms with Crippen molar-refractivity contribution in [3.8, 4) is 28.0 Å². The van der Waals surface area contributed by atoms with E-state index in [0.717, 1.165) is 16.7 Å². The number of halogens is 3. The van der Waals surface area contributed by atoms with Gasteiger partial charge in [-0.15, -0.1) is 0 Å².